The average Bonchev–Trinajstić information content (AvgIpc) is 2.98. The summed E-state index contributed by atoms with van der Waals surface area (Å²) >= 11 is 0. The standard InChI is InChI=1S/C15H12N2O2.C2H6.2CH4/c18-15(11-5-7-16-8-6-11)19-10-13-9-12-3-1-2-4-14(12)17-13;1-2;;/h1-9,17H,10H2;1-2H3;2*1H4. The topological polar surface area (TPSA) is 55.0 Å². The number of aromatic amines is 1. The first-order chi connectivity index (χ1) is 10.3. The van der Waals surface area contributed by atoms with Gasteiger partial charge in [-0.2, -0.15) is 0 Å². The number of H-pyrrole nitrogens is 1. The van der Waals surface area contributed by atoms with Gasteiger partial charge in [-0.15, -0.1) is 0 Å². The predicted molar refractivity (Wildman–Crippen MR) is 96.5 cm³/mol. The van der Waals surface area contributed by atoms with Crippen LogP contribution in [0.3, 0.4) is 0 Å². The fourth-order valence-corrected chi connectivity index (χ4v) is 1.93. The van der Waals surface area contributed by atoms with Gasteiger partial charge in [0.05, 0.1) is 11.3 Å². The zero-order valence-corrected chi connectivity index (χ0v) is 12.2. The maximum absolute atomic E-state index is 11.8. The van der Waals surface area contributed by atoms with Gasteiger partial charge in [-0.3, -0.25) is 4.98 Å². The van der Waals surface area contributed by atoms with Gasteiger partial charge in [-0.05, 0) is 29.7 Å². The molecule has 0 aliphatic carbocycles. The third kappa shape index (κ3) is 5.25. The molecule has 0 fully saturated rings. The van der Waals surface area contributed by atoms with Crippen LogP contribution in [0.25, 0.3) is 10.9 Å². The molecule has 0 amide bonds. The summed E-state index contributed by atoms with van der Waals surface area (Å²) in [6, 6.07) is 13.2. The van der Waals surface area contributed by atoms with Gasteiger partial charge in [0.15, 0.2) is 0 Å². The zero-order valence-electron chi connectivity index (χ0n) is 12.2. The highest BCUT2D eigenvalue weighted by atomic mass is 16.5. The van der Waals surface area contributed by atoms with Crippen molar-refractivity contribution in [1.82, 2.24) is 9.97 Å². The van der Waals surface area contributed by atoms with E-state index in [1.807, 2.05) is 44.2 Å². The Labute approximate surface area is 138 Å². The molecule has 0 bridgehead atoms. The molecule has 124 valence electrons. The van der Waals surface area contributed by atoms with E-state index in [2.05, 4.69) is 9.97 Å². The lowest BCUT2D eigenvalue weighted by Crippen LogP contribution is -2.05. The number of ether oxygens (including phenoxy) is 1. The summed E-state index contributed by atoms with van der Waals surface area (Å²) < 4.78 is 5.25. The Morgan fingerprint density at radius 2 is 1.74 bits per heavy atom. The fraction of sp³-hybridized carbons (Fsp3) is 0.263. The molecule has 3 rings (SSSR count). The quantitative estimate of drug-likeness (QED) is 0.674. The molecule has 3 aromatic rings. The van der Waals surface area contributed by atoms with E-state index in [0.29, 0.717) is 5.56 Å². The van der Waals surface area contributed by atoms with Crippen molar-refractivity contribution in [3.63, 3.8) is 0 Å². The van der Waals surface area contributed by atoms with Crippen molar-refractivity contribution in [2.45, 2.75) is 35.3 Å². The Hall–Kier alpha value is -2.62. The lowest BCUT2D eigenvalue weighted by atomic mass is 10.2. The monoisotopic (exact) mass is 314 g/mol. The van der Waals surface area contributed by atoms with Crippen molar-refractivity contribution in [2.24, 2.45) is 0 Å². The molecule has 2 heterocycles. The van der Waals surface area contributed by atoms with E-state index in [9.17, 15) is 4.79 Å². The lowest BCUT2D eigenvalue weighted by molar-refractivity contribution is 0.0468. The number of rotatable bonds is 3. The number of pyridine rings is 1. The molecule has 0 unspecified atom stereocenters. The molecule has 4 nitrogen and oxygen atoms in total. The highest BCUT2D eigenvalue weighted by molar-refractivity contribution is 5.89. The maximum atomic E-state index is 11.8. The molecular weight excluding hydrogens is 288 g/mol. The summed E-state index contributed by atoms with van der Waals surface area (Å²) in [6.45, 7) is 4.23. The number of aromatic nitrogens is 2. The zero-order chi connectivity index (χ0) is 15.1. The molecule has 0 aliphatic rings. The van der Waals surface area contributed by atoms with Crippen LogP contribution in [0.2, 0.25) is 0 Å². The second-order valence-corrected chi connectivity index (χ2v) is 4.19. The van der Waals surface area contributed by atoms with Crippen molar-refractivity contribution >= 4 is 16.9 Å². The first-order valence-corrected chi connectivity index (χ1v) is 6.97. The number of esters is 1. The first kappa shape index (κ1) is 20.4. The van der Waals surface area contributed by atoms with Crippen molar-refractivity contribution < 1.29 is 9.53 Å². The summed E-state index contributed by atoms with van der Waals surface area (Å²) in [6.07, 6.45) is 3.14. The van der Waals surface area contributed by atoms with Crippen molar-refractivity contribution in [2.75, 3.05) is 0 Å². The minimum absolute atomic E-state index is 0. The van der Waals surface area contributed by atoms with E-state index in [-0.39, 0.29) is 27.4 Å². The predicted octanol–water partition coefficient (Wildman–Crippen LogP) is 5.22. The molecule has 0 saturated heterocycles. The molecule has 2 aromatic heterocycles. The van der Waals surface area contributed by atoms with Crippen LogP contribution in [-0.4, -0.2) is 15.9 Å². The summed E-state index contributed by atoms with van der Waals surface area (Å²) in [5, 5.41) is 1.11. The number of nitrogens with zero attached hydrogens (tertiary/aromatic N) is 1. The van der Waals surface area contributed by atoms with Gasteiger partial charge >= 0.3 is 5.97 Å². The lowest BCUT2D eigenvalue weighted by Gasteiger charge is -2.02. The Morgan fingerprint density at radius 1 is 1.09 bits per heavy atom. The van der Waals surface area contributed by atoms with E-state index in [4.69, 9.17) is 4.74 Å². The van der Waals surface area contributed by atoms with Gasteiger partial charge in [0.2, 0.25) is 0 Å². The normalized spacial score (nSPS) is 8.96. The second kappa shape index (κ2) is 10.2. The molecule has 4 heteroatoms. The van der Waals surface area contributed by atoms with Gasteiger partial charge in [0.1, 0.15) is 6.61 Å². The van der Waals surface area contributed by atoms with Gasteiger partial charge in [-0.25, -0.2) is 4.79 Å². The van der Waals surface area contributed by atoms with Crippen LogP contribution in [0.5, 0.6) is 0 Å². The molecule has 0 saturated carbocycles. The number of carbonyl (C=O) groups is 1. The second-order valence-electron chi connectivity index (χ2n) is 4.19. The molecule has 0 radical (unpaired) electrons. The van der Waals surface area contributed by atoms with Crippen LogP contribution in [0.15, 0.2) is 54.9 Å². The number of nitrogens with one attached hydrogen (secondary N) is 1. The molecular formula is C19H26N2O2. The largest absolute Gasteiger partial charge is 0.456 e. The molecule has 0 atom stereocenters. The first-order valence-electron chi connectivity index (χ1n) is 6.97. The van der Waals surface area contributed by atoms with E-state index in [0.717, 1.165) is 16.6 Å². The van der Waals surface area contributed by atoms with Crippen LogP contribution in [0, 0.1) is 0 Å². The summed E-state index contributed by atoms with van der Waals surface area (Å²) in [4.78, 5) is 18.8. The number of carbonyl (C=O) groups excluding carboxylic acids is 1. The third-order valence-electron chi connectivity index (χ3n) is 2.86. The molecule has 0 spiro atoms. The van der Waals surface area contributed by atoms with Crippen molar-refractivity contribution in [3.8, 4) is 0 Å². The summed E-state index contributed by atoms with van der Waals surface area (Å²) in [5.41, 5.74) is 2.42. The van der Waals surface area contributed by atoms with E-state index >= 15 is 0 Å². The SMILES string of the molecule is C.C.CC.O=C(OCc1cc2ccccc2[nH]1)c1ccncc1. The minimum atomic E-state index is -0.346. The summed E-state index contributed by atoms with van der Waals surface area (Å²) in [7, 11) is 0. The van der Waals surface area contributed by atoms with Crippen LogP contribution in [-0.2, 0) is 11.3 Å². The number of hydrogen-bond acceptors (Lipinski definition) is 3. The Balaban J connectivity index is 0.00000117. The Bertz CT molecular complexity index is 672. The third-order valence-corrected chi connectivity index (χ3v) is 2.86. The van der Waals surface area contributed by atoms with E-state index < -0.39 is 0 Å². The molecule has 1 aromatic carbocycles. The minimum Gasteiger partial charge on any atom is -0.456 e. The van der Waals surface area contributed by atoms with Gasteiger partial charge in [-0.1, -0.05) is 46.9 Å². The number of para-hydroxylation sites is 1. The van der Waals surface area contributed by atoms with E-state index in [1.54, 1.807) is 24.5 Å². The molecule has 23 heavy (non-hydrogen) atoms. The Kier molecular flexibility index (Phi) is 9.01. The van der Waals surface area contributed by atoms with Crippen molar-refractivity contribution in [1.29, 1.82) is 0 Å². The summed E-state index contributed by atoms with van der Waals surface area (Å²) in [5.74, 6) is -0.346. The smallest absolute Gasteiger partial charge is 0.338 e. The van der Waals surface area contributed by atoms with Gasteiger partial charge < -0.3 is 9.72 Å². The van der Waals surface area contributed by atoms with Gasteiger partial charge in [0, 0.05) is 17.9 Å². The van der Waals surface area contributed by atoms with E-state index in [1.165, 1.54) is 0 Å². The number of fused-ring (bicyclic) bond motifs is 1. The van der Waals surface area contributed by atoms with Crippen LogP contribution >= 0.6 is 0 Å². The van der Waals surface area contributed by atoms with Crippen molar-refractivity contribution in [3.05, 3.63) is 66.1 Å². The fourth-order valence-electron chi connectivity index (χ4n) is 1.93. The van der Waals surface area contributed by atoms with Crippen LogP contribution in [0.1, 0.15) is 44.8 Å². The Morgan fingerprint density at radius 3 is 2.39 bits per heavy atom. The molecule has 0 aliphatic heterocycles. The highest BCUT2D eigenvalue weighted by Crippen LogP contribution is 2.15. The molecule has 1 N–H and O–H groups in total. The van der Waals surface area contributed by atoms with Gasteiger partial charge in [0.25, 0.3) is 0 Å². The highest BCUT2D eigenvalue weighted by Gasteiger charge is 2.07. The van der Waals surface area contributed by atoms with Crippen LogP contribution < -0.4 is 0 Å². The van der Waals surface area contributed by atoms with Crippen LogP contribution in [0.4, 0.5) is 0 Å². The maximum Gasteiger partial charge on any atom is 0.338 e. The number of hydrogen-bond donors (Lipinski definition) is 1. The average molecular weight is 314 g/mol. The number of benzene rings is 1.